The number of nitrogens with zero attached hydrogens (tertiary/aromatic N) is 2. The highest BCUT2D eigenvalue weighted by molar-refractivity contribution is 5.39. The van der Waals surface area contributed by atoms with E-state index in [0.717, 1.165) is 0 Å². The van der Waals surface area contributed by atoms with Crippen LogP contribution in [0.2, 0.25) is 0 Å². The Morgan fingerprint density at radius 2 is 2.12 bits per heavy atom. The third-order valence-electron chi connectivity index (χ3n) is 3.27. The van der Waals surface area contributed by atoms with Crippen molar-refractivity contribution in [1.82, 2.24) is 10.1 Å². The third-order valence-corrected chi connectivity index (χ3v) is 3.27. The Morgan fingerprint density at radius 3 is 2.76 bits per heavy atom. The average molecular weight is 232 g/mol. The van der Waals surface area contributed by atoms with Crippen LogP contribution in [0.5, 0.6) is 0 Å². The third kappa shape index (κ3) is 1.93. The number of aromatic nitrogens is 2. The Balaban J connectivity index is 1.78. The molecular formula is C13H16N2O2. The molecule has 2 heterocycles. The smallest absolute Gasteiger partial charge is 0.230 e. The molecule has 1 aliphatic carbocycles. The summed E-state index contributed by atoms with van der Waals surface area (Å²) < 4.78 is 10.8. The minimum absolute atomic E-state index is 0.240. The van der Waals surface area contributed by atoms with Crippen LogP contribution in [0.15, 0.2) is 27.8 Å². The molecule has 0 bridgehead atoms. The minimum atomic E-state index is 0.240. The van der Waals surface area contributed by atoms with Gasteiger partial charge in [-0.05, 0) is 24.0 Å². The molecule has 1 aromatic heterocycles. The molecule has 2 atom stereocenters. The summed E-state index contributed by atoms with van der Waals surface area (Å²) in [6, 6.07) is 0. The van der Waals surface area contributed by atoms with Crippen molar-refractivity contribution >= 4 is 0 Å². The number of rotatable bonds is 3. The van der Waals surface area contributed by atoms with Crippen LogP contribution >= 0.6 is 0 Å². The molecule has 2 unspecified atom stereocenters. The van der Waals surface area contributed by atoms with Gasteiger partial charge in [-0.15, -0.1) is 0 Å². The second-order valence-electron chi connectivity index (χ2n) is 4.95. The summed E-state index contributed by atoms with van der Waals surface area (Å²) in [5.41, 5.74) is 2.63. The SMILES string of the molecule is Cc1noc(CC2=CC=C(C(C)C)C3OC23)n1. The maximum Gasteiger partial charge on any atom is 0.230 e. The summed E-state index contributed by atoms with van der Waals surface area (Å²) in [4.78, 5) is 4.22. The molecule has 4 nitrogen and oxygen atoms in total. The van der Waals surface area contributed by atoms with E-state index in [-0.39, 0.29) is 6.10 Å². The van der Waals surface area contributed by atoms with Gasteiger partial charge in [0.05, 0.1) is 6.42 Å². The summed E-state index contributed by atoms with van der Waals surface area (Å²) in [5.74, 6) is 1.90. The molecule has 0 saturated carbocycles. The Morgan fingerprint density at radius 1 is 1.29 bits per heavy atom. The van der Waals surface area contributed by atoms with Gasteiger partial charge in [-0.1, -0.05) is 31.2 Å². The monoisotopic (exact) mass is 232 g/mol. The Labute approximate surface area is 100 Å². The number of allylic oxidation sites excluding steroid dienone is 2. The van der Waals surface area contributed by atoms with Gasteiger partial charge in [0, 0.05) is 0 Å². The van der Waals surface area contributed by atoms with E-state index >= 15 is 0 Å². The van der Waals surface area contributed by atoms with Gasteiger partial charge < -0.3 is 9.26 Å². The number of ether oxygens (including phenoxy) is 1. The van der Waals surface area contributed by atoms with Crippen LogP contribution in [0.1, 0.15) is 25.6 Å². The maximum absolute atomic E-state index is 5.72. The second kappa shape index (κ2) is 3.81. The zero-order valence-electron chi connectivity index (χ0n) is 10.3. The predicted molar refractivity (Wildman–Crippen MR) is 62.4 cm³/mol. The van der Waals surface area contributed by atoms with Crippen LogP contribution < -0.4 is 0 Å². The summed E-state index contributed by atoms with van der Waals surface area (Å²) in [5, 5.41) is 3.79. The summed E-state index contributed by atoms with van der Waals surface area (Å²) >= 11 is 0. The predicted octanol–water partition coefficient (Wildman–Crippen LogP) is 2.21. The Kier molecular flexibility index (Phi) is 2.40. The summed E-state index contributed by atoms with van der Waals surface area (Å²) in [6.07, 6.45) is 5.55. The molecule has 1 fully saturated rings. The molecule has 0 amide bonds. The maximum atomic E-state index is 5.72. The molecule has 17 heavy (non-hydrogen) atoms. The number of hydrogen-bond acceptors (Lipinski definition) is 4. The number of fused-ring (bicyclic) bond motifs is 1. The van der Waals surface area contributed by atoms with Crippen LogP contribution in [0, 0.1) is 12.8 Å². The molecular weight excluding hydrogens is 216 g/mol. The molecule has 1 aliphatic heterocycles. The molecule has 0 N–H and O–H groups in total. The van der Waals surface area contributed by atoms with Gasteiger partial charge >= 0.3 is 0 Å². The van der Waals surface area contributed by atoms with Crippen LogP contribution in [-0.2, 0) is 11.2 Å². The van der Waals surface area contributed by atoms with Crippen molar-refractivity contribution in [3.05, 3.63) is 35.0 Å². The highest BCUT2D eigenvalue weighted by Gasteiger charge is 2.46. The second-order valence-corrected chi connectivity index (χ2v) is 4.95. The minimum Gasteiger partial charge on any atom is -0.360 e. The first-order valence-corrected chi connectivity index (χ1v) is 6.00. The zero-order chi connectivity index (χ0) is 12.0. The fourth-order valence-corrected chi connectivity index (χ4v) is 2.31. The molecule has 4 heteroatoms. The molecule has 0 radical (unpaired) electrons. The number of hydrogen-bond donors (Lipinski definition) is 0. The molecule has 1 saturated heterocycles. The van der Waals surface area contributed by atoms with Crippen LogP contribution in [0.4, 0.5) is 0 Å². The van der Waals surface area contributed by atoms with Crippen LogP contribution in [0.3, 0.4) is 0 Å². The van der Waals surface area contributed by atoms with Gasteiger partial charge in [0.15, 0.2) is 5.82 Å². The quantitative estimate of drug-likeness (QED) is 0.750. The van der Waals surface area contributed by atoms with E-state index in [0.29, 0.717) is 30.2 Å². The molecule has 3 rings (SSSR count). The van der Waals surface area contributed by atoms with Gasteiger partial charge in [0.25, 0.3) is 0 Å². The average Bonchev–Trinajstić information content (AvgIpc) is 2.97. The van der Waals surface area contributed by atoms with Crippen molar-refractivity contribution < 1.29 is 9.26 Å². The first-order valence-electron chi connectivity index (χ1n) is 6.00. The van der Waals surface area contributed by atoms with E-state index in [2.05, 4.69) is 36.1 Å². The lowest BCUT2D eigenvalue weighted by molar-refractivity contribution is 0.370. The molecule has 1 aromatic rings. The van der Waals surface area contributed by atoms with Crippen LogP contribution in [0.25, 0.3) is 0 Å². The normalized spacial score (nSPS) is 26.6. The first-order chi connectivity index (χ1) is 8.15. The largest absolute Gasteiger partial charge is 0.360 e. The Bertz CT molecular complexity index is 499. The lowest BCUT2D eigenvalue weighted by atomic mass is 9.90. The first kappa shape index (κ1) is 10.7. The Hall–Kier alpha value is -1.42. The topological polar surface area (TPSA) is 51.5 Å². The number of aryl methyl sites for hydroxylation is 1. The van der Waals surface area contributed by atoms with Gasteiger partial charge in [-0.25, -0.2) is 0 Å². The van der Waals surface area contributed by atoms with Crippen molar-refractivity contribution in [2.45, 2.75) is 39.4 Å². The summed E-state index contributed by atoms with van der Waals surface area (Å²) in [7, 11) is 0. The van der Waals surface area contributed by atoms with Crippen molar-refractivity contribution in [2.24, 2.45) is 5.92 Å². The molecule has 0 spiro atoms. The van der Waals surface area contributed by atoms with E-state index in [9.17, 15) is 0 Å². The number of epoxide rings is 1. The molecule has 90 valence electrons. The van der Waals surface area contributed by atoms with E-state index in [1.54, 1.807) is 0 Å². The summed E-state index contributed by atoms with van der Waals surface area (Å²) in [6.45, 7) is 6.23. The van der Waals surface area contributed by atoms with E-state index in [4.69, 9.17) is 9.26 Å². The van der Waals surface area contributed by atoms with E-state index in [1.165, 1.54) is 11.1 Å². The van der Waals surface area contributed by atoms with Gasteiger partial charge in [0.1, 0.15) is 12.2 Å². The van der Waals surface area contributed by atoms with Crippen molar-refractivity contribution in [3.63, 3.8) is 0 Å². The lowest BCUT2D eigenvalue weighted by Crippen LogP contribution is -2.11. The standard InChI is InChI=1S/C13H16N2O2/c1-7(2)10-5-4-9(12-13(10)16-12)6-11-14-8(3)15-17-11/h4-5,7,12-13H,6H2,1-3H3. The highest BCUT2D eigenvalue weighted by Crippen LogP contribution is 2.41. The van der Waals surface area contributed by atoms with Gasteiger partial charge in [0.2, 0.25) is 5.89 Å². The molecule has 2 aliphatic rings. The zero-order valence-corrected chi connectivity index (χ0v) is 10.3. The van der Waals surface area contributed by atoms with Gasteiger partial charge in [-0.2, -0.15) is 4.98 Å². The van der Waals surface area contributed by atoms with E-state index < -0.39 is 0 Å². The van der Waals surface area contributed by atoms with Crippen molar-refractivity contribution in [1.29, 1.82) is 0 Å². The van der Waals surface area contributed by atoms with Crippen molar-refractivity contribution in [2.75, 3.05) is 0 Å². The van der Waals surface area contributed by atoms with Crippen molar-refractivity contribution in [3.8, 4) is 0 Å². The fourth-order valence-electron chi connectivity index (χ4n) is 2.31. The fraction of sp³-hybridized carbons (Fsp3) is 0.538. The lowest BCUT2D eigenvalue weighted by Gasteiger charge is -2.12. The van der Waals surface area contributed by atoms with E-state index in [1.807, 2.05) is 6.92 Å². The van der Waals surface area contributed by atoms with Gasteiger partial charge in [-0.3, -0.25) is 0 Å². The molecule has 0 aromatic carbocycles. The highest BCUT2D eigenvalue weighted by atomic mass is 16.6. The van der Waals surface area contributed by atoms with Crippen LogP contribution in [-0.4, -0.2) is 22.3 Å².